The Morgan fingerprint density at radius 3 is 2.39 bits per heavy atom. The molecule has 4 atom stereocenters. The predicted molar refractivity (Wildman–Crippen MR) is 131 cm³/mol. The lowest BCUT2D eigenvalue weighted by Gasteiger charge is -2.27. The second-order valence-corrected chi connectivity index (χ2v) is 10.8. The molecule has 12 heteroatoms. The van der Waals surface area contributed by atoms with Crippen LogP contribution in [0.15, 0.2) is 60.7 Å². The minimum Gasteiger partial charge on any atom is -0.479 e. The van der Waals surface area contributed by atoms with E-state index in [4.69, 9.17) is 11.6 Å². The van der Waals surface area contributed by atoms with Crippen molar-refractivity contribution in [1.82, 2.24) is 0 Å². The Hall–Kier alpha value is -2.28. The monoisotopic (exact) mass is 526 g/mol. The summed E-state index contributed by atoms with van der Waals surface area (Å²) in [5, 5.41) is 11.1. The summed E-state index contributed by atoms with van der Waals surface area (Å²) in [5.41, 5.74) is 0.246. The van der Waals surface area contributed by atoms with E-state index >= 15 is 0 Å². The van der Waals surface area contributed by atoms with Crippen LogP contribution in [0.25, 0.3) is 10.4 Å². The second-order valence-electron chi connectivity index (χ2n) is 7.48. The number of carbonyl (C=O) groups is 1. The van der Waals surface area contributed by atoms with Gasteiger partial charge >= 0.3 is 5.97 Å². The number of carboxylic acids is 1. The highest BCUT2D eigenvalue weighted by molar-refractivity contribution is 7.81. The number of rotatable bonds is 8. The summed E-state index contributed by atoms with van der Waals surface area (Å²) >= 11 is 2.31. The molecule has 0 spiro atoms. The number of anilines is 2. The Bertz CT molecular complexity index is 1250. The van der Waals surface area contributed by atoms with Crippen LogP contribution < -0.4 is 8.61 Å². The largest absolute Gasteiger partial charge is 0.479 e. The molecular formula is C21H19ClN2O6S3. The summed E-state index contributed by atoms with van der Waals surface area (Å²) < 4.78 is 45.5. The van der Waals surface area contributed by atoms with E-state index in [1.165, 1.54) is 18.4 Å². The minimum atomic E-state index is -2.60. The highest BCUT2D eigenvalue weighted by Gasteiger charge is 2.67. The summed E-state index contributed by atoms with van der Waals surface area (Å²) in [5.74, 6) is -1.81. The molecular weight excluding hydrogens is 508 g/mol. The number of thiophene rings is 1. The molecule has 0 bridgehead atoms. The molecule has 33 heavy (non-hydrogen) atoms. The molecule has 3 N–H and O–H groups in total. The van der Waals surface area contributed by atoms with Gasteiger partial charge in [-0.3, -0.25) is 13.4 Å². The Labute approximate surface area is 204 Å². The first-order chi connectivity index (χ1) is 15.6. The lowest BCUT2D eigenvalue weighted by Crippen LogP contribution is -2.45. The molecule has 1 heterocycles. The van der Waals surface area contributed by atoms with Gasteiger partial charge in [0, 0.05) is 22.9 Å². The molecule has 0 amide bonds. The molecule has 2 aromatic carbocycles. The maximum atomic E-state index is 12.4. The van der Waals surface area contributed by atoms with Crippen molar-refractivity contribution in [2.24, 2.45) is 0 Å². The van der Waals surface area contributed by atoms with Crippen molar-refractivity contribution in [3.63, 3.8) is 0 Å². The molecule has 0 radical (unpaired) electrons. The number of carboxylic acid groups (broad SMARTS) is 1. The van der Waals surface area contributed by atoms with E-state index in [9.17, 15) is 27.4 Å². The molecule has 1 fully saturated rings. The first kappa shape index (κ1) is 23.9. The quantitative estimate of drug-likeness (QED) is 0.369. The topological polar surface area (TPSA) is 118 Å². The Morgan fingerprint density at radius 2 is 1.79 bits per heavy atom. The molecule has 8 nitrogen and oxygen atoms in total. The van der Waals surface area contributed by atoms with E-state index in [0.29, 0.717) is 21.3 Å². The van der Waals surface area contributed by atoms with E-state index in [-0.39, 0.29) is 6.42 Å². The van der Waals surface area contributed by atoms with E-state index < -0.39 is 40.0 Å². The van der Waals surface area contributed by atoms with Gasteiger partial charge in [-0.2, -0.15) is 0 Å². The summed E-state index contributed by atoms with van der Waals surface area (Å²) in [6.07, 6.45) is 0.109. The summed E-state index contributed by atoms with van der Waals surface area (Å²) in [4.78, 5) is 13.2. The van der Waals surface area contributed by atoms with Gasteiger partial charge in [-0.25, -0.2) is 17.5 Å². The maximum Gasteiger partial charge on any atom is 0.331 e. The third-order valence-electron chi connectivity index (χ3n) is 5.61. The predicted octanol–water partition coefficient (Wildman–Crippen LogP) is 4.60. The number of halogens is 1. The van der Waals surface area contributed by atoms with Crippen LogP contribution in [0.2, 0.25) is 5.02 Å². The van der Waals surface area contributed by atoms with Gasteiger partial charge in [-0.05, 0) is 53.9 Å². The standard InChI is InChI=1S/C21H19ClN2O6S3/c1-23(32(27)28)16-4-2-3-14(11-16)17-12-21(17,20(25)26)24(33(29)30)19-10-9-18(31-19)13-5-7-15(22)8-6-13/h2-11,17H,12H2,1H3,(H,25,26)(H,27,28)(H,29,30). The van der Waals surface area contributed by atoms with Crippen molar-refractivity contribution in [2.75, 3.05) is 15.7 Å². The molecule has 1 aromatic heterocycles. The van der Waals surface area contributed by atoms with Crippen molar-refractivity contribution in [3.05, 3.63) is 71.2 Å². The zero-order valence-electron chi connectivity index (χ0n) is 17.1. The Balaban J connectivity index is 1.71. The zero-order chi connectivity index (χ0) is 23.9. The van der Waals surface area contributed by atoms with Crippen molar-refractivity contribution < 1.29 is 27.4 Å². The SMILES string of the molecule is CN(c1cccc(C2CC2(C(=O)O)N(c2ccc(-c3ccc(Cl)cc3)s2)S(=O)O)c1)S(=O)O. The Morgan fingerprint density at radius 1 is 1.09 bits per heavy atom. The Kier molecular flexibility index (Phi) is 6.63. The first-order valence-corrected chi connectivity index (χ1v) is 12.9. The highest BCUT2D eigenvalue weighted by Crippen LogP contribution is 2.58. The van der Waals surface area contributed by atoms with Gasteiger partial charge in [0.1, 0.15) is 5.00 Å². The molecule has 0 aliphatic heterocycles. The summed E-state index contributed by atoms with van der Waals surface area (Å²) in [6.45, 7) is 0. The van der Waals surface area contributed by atoms with Gasteiger partial charge in [0.2, 0.25) is 0 Å². The lowest BCUT2D eigenvalue weighted by atomic mass is 10.1. The fourth-order valence-corrected chi connectivity index (χ4v) is 6.33. The second kappa shape index (κ2) is 9.16. The van der Waals surface area contributed by atoms with Crippen LogP contribution in [0.4, 0.5) is 10.7 Å². The van der Waals surface area contributed by atoms with Gasteiger partial charge in [-0.1, -0.05) is 35.9 Å². The van der Waals surface area contributed by atoms with Crippen molar-refractivity contribution in [2.45, 2.75) is 17.9 Å². The highest BCUT2D eigenvalue weighted by atomic mass is 35.5. The van der Waals surface area contributed by atoms with Gasteiger partial charge in [0.05, 0.1) is 5.69 Å². The lowest BCUT2D eigenvalue weighted by molar-refractivity contribution is -0.139. The van der Waals surface area contributed by atoms with Crippen LogP contribution in [-0.2, 0) is 27.3 Å². The van der Waals surface area contributed by atoms with Gasteiger partial charge in [0.15, 0.2) is 5.54 Å². The first-order valence-electron chi connectivity index (χ1n) is 9.60. The average Bonchev–Trinajstić information content (AvgIpc) is 3.35. The van der Waals surface area contributed by atoms with Crippen molar-refractivity contribution >= 4 is 62.1 Å². The van der Waals surface area contributed by atoms with Crippen LogP contribution in [0.1, 0.15) is 17.9 Å². The molecule has 1 aliphatic carbocycles. The molecule has 1 saturated carbocycles. The van der Waals surface area contributed by atoms with E-state index in [1.54, 1.807) is 48.5 Å². The minimum absolute atomic E-state index is 0.109. The number of benzene rings is 2. The van der Waals surface area contributed by atoms with Gasteiger partial charge in [-0.15, -0.1) is 11.3 Å². The van der Waals surface area contributed by atoms with Crippen LogP contribution >= 0.6 is 22.9 Å². The number of hydrogen-bond donors (Lipinski definition) is 3. The fourth-order valence-electron chi connectivity index (χ4n) is 3.84. The number of hydrogen-bond acceptors (Lipinski definition) is 4. The van der Waals surface area contributed by atoms with E-state index in [0.717, 1.165) is 19.1 Å². The zero-order valence-corrected chi connectivity index (χ0v) is 20.3. The smallest absolute Gasteiger partial charge is 0.331 e. The summed E-state index contributed by atoms with van der Waals surface area (Å²) in [7, 11) is 1.44. The fraction of sp³-hybridized carbons (Fsp3) is 0.190. The third-order valence-corrected chi connectivity index (χ3v) is 8.61. The number of nitrogens with zero attached hydrogens (tertiary/aromatic N) is 2. The van der Waals surface area contributed by atoms with Gasteiger partial charge in [0.25, 0.3) is 22.5 Å². The molecule has 1 aliphatic rings. The number of aliphatic carboxylic acids is 1. The van der Waals surface area contributed by atoms with E-state index in [1.807, 2.05) is 12.1 Å². The van der Waals surface area contributed by atoms with E-state index in [2.05, 4.69) is 0 Å². The van der Waals surface area contributed by atoms with Crippen LogP contribution in [0.3, 0.4) is 0 Å². The molecule has 0 saturated heterocycles. The molecule has 3 aromatic rings. The third kappa shape index (κ3) is 4.44. The van der Waals surface area contributed by atoms with Crippen molar-refractivity contribution in [3.8, 4) is 10.4 Å². The van der Waals surface area contributed by atoms with Crippen molar-refractivity contribution in [1.29, 1.82) is 0 Å². The molecule has 4 rings (SSSR count). The summed E-state index contributed by atoms with van der Waals surface area (Å²) in [6, 6.07) is 17.1. The average molecular weight is 527 g/mol. The van der Waals surface area contributed by atoms with Gasteiger partial charge < -0.3 is 5.11 Å². The van der Waals surface area contributed by atoms with Crippen LogP contribution in [0.5, 0.6) is 0 Å². The van der Waals surface area contributed by atoms with Crippen LogP contribution in [0, 0.1) is 0 Å². The molecule has 4 unspecified atom stereocenters. The molecule has 174 valence electrons. The normalized spacial score (nSPS) is 21.3. The van der Waals surface area contributed by atoms with Crippen LogP contribution in [-0.4, -0.2) is 41.2 Å². The maximum absolute atomic E-state index is 12.4.